The normalized spacial score (nSPS) is 27.5. The summed E-state index contributed by atoms with van der Waals surface area (Å²) in [5, 5.41) is 2.90. The van der Waals surface area contributed by atoms with Gasteiger partial charge < -0.3 is 19.9 Å². The third kappa shape index (κ3) is 4.38. The highest BCUT2D eigenvalue weighted by molar-refractivity contribution is 5.88. The maximum Gasteiger partial charge on any atom is 0.237 e. The van der Waals surface area contributed by atoms with Crippen molar-refractivity contribution in [2.24, 2.45) is 0 Å². The summed E-state index contributed by atoms with van der Waals surface area (Å²) in [4.78, 5) is 31.7. The van der Waals surface area contributed by atoms with Gasteiger partial charge in [0, 0.05) is 39.3 Å². The molecular formula is C19H34N4O3. The number of hydrogen-bond donors (Lipinski definition) is 1. The molecule has 2 amide bonds. The van der Waals surface area contributed by atoms with Gasteiger partial charge in [-0.05, 0) is 32.4 Å². The van der Waals surface area contributed by atoms with E-state index in [1.54, 1.807) is 0 Å². The zero-order valence-electron chi connectivity index (χ0n) is 16.3. The molecule has 0 aliphatic carbocycles. The van der Waals surface area contributed by atoms with Gasteiger partial charge >= 0.3 is 0 Å². The first-order valence-electron chi connectivity index (χ1n) is 10.2. The van der Waals surface area contributed by atoms with Crippen LogP contribution in [0.2, 0.25) is 0 Å². The van der Waals surface area contributed by atoms with Crippen molar-refractivity contribution >= 4 is 11.8 Å². The number of piperidine rings is 1. The first-order chi connectivity index (χ1) is 12.6. The summed E-state index contributed by atoms with van der Waals surface area (Å²) in [7, 11) is 0. The van der Waals surface area contributed by atoms with E-state index in [1.165, 1.54) is 6.42 Å². The topological polar surface area (TPSA) is 65.1 Å². The van der Waals surface area contributed by atoms with E-state index in [0.717, 1.165) is 45.6 Å². The molecule has 1 spiro atoms. The van der Waals surface area contributed by atoms with Crippen LogP contribution >= 0.6 is 0 Å². The van der Waals surface area contributed by atoms with Gasteiger partial charge in [-0.15, -0.1) is 0 Å². The van der Waals surface area contributed by atoms with Crippen LogP contribution < -0.4 is 5.32 Å². The minimum atomic E-state index is -0.327. The smallest absolute Gasteiger partial charge is 0.237 e. The summed E-state index contributed by atoms with van der Waals surface area (Å²) in [6.07, 6.45) is 3.43. The zero-order valence-corrected chi connectivity index (χ0v) is 16.3. The molecule has 0 aromatic heterocycles. The number of nitrogens with zero attached hydrogens (tertiary/aromatic N) is 3. The summed E-state index contributed by atoms with van der Waals surface area (Å²) in [5.41, 5.74) is -0.183. The van der Waals surface area contributed by atoms with Gasteiger partial charge in [-0.25, -0.2) is 0 Å². The monoisotopic (exact) mass is 366 g/mol. The molecule has 3 aliphatic heterocycles. The van der Waals surface area contributed by atoms with E-state index in [9.17, 15) is 9.59 Å². The van der Waals surface area contributed by atoms with E-state index >= 15 is 0 Å². The number of carbonyl (C=O) groups excluding carboxylic acids is 2. The third-order valence-electron chi connectivity index (χ3n) is 6.12. The standard InChI is InChI=1S/C19H34N4O3/c1-3-8-21-9-5-19(6-10-21)15-23(12-13-26-19)17(24)14-16-18(25)20-7-11-22(16)4-2/h16H,3-15H2,1-2H3,(H,20,25). The molecule has 7 nitrogen and oxygen atoms in total. The molecular weight excluding hydrogens is 332 g/mol. The van der Waals surface area contributed by atoms with E-state index in [0.29, 0.717) is 26.2 Å². The van der Waals surface area contributed by atoms with E-state index in [1.807, 2.05) is 11.8 Å². The first kappa shape index (κ1) is 19.6. The molecule has 3 aliphatic rings. The lowest BCUT2D eigenvalue weighted by Crippen LogP contribution is -2.60. The van der Waals surface area contributed by atoms with Crippen LogP contribution in [0, 0.1) is 0 Å². The van der Waals surface area contributed by atoms with Crippen LogP contribution in [0.5, 0.6) is 0 Å². The van der Waals surface area contributed by atoms with Crippen LogP contribution in [0.25, 0.3) is 0 Å². The first-order valence-corrected chi connectivity index (χ1v) is 10.2. The molecule has 148 valence electrons. The fourth-order valence-corrected chi connectivity index (χ4v) is 4.52. The van der Waals surface area contributed by atoms with Crippen LogP contribution in [0.1, 0.15) is 39.5 Å². The summed E-state index contributed by atoms with van der Waals surface area (Å²) in [5.74, 6) is 0.0754. The van der Waals surface area contributed by atoms with Gasteiger partial charge in [-0.3, -0.25) is 14.5 Å². The van der Waals surface area contributed by atoms with Gasteiger partial charge in [0.2, 0.25) is 11.8 Å². The zero-order chi connectivity index (χ0) is 18.6. The maximum absolute atomic E-state index is 12.9. The molecule has 0 aromatic carbocycles. The Balaban J connectivity index is 1.57. The second-order valence-electron chi connectivity index (χ2n) is 7.83. The summed E-state index contributed by atoms with van der Waals surface area (Å²) < 4.78 is 6.16. The van der Waals surface area contributed by atoms with Crippen molar-refractivity contribution in [2.75, 3.05) is 59.0 Å². The Hall–Kier alpha value is -1.18. The molecule has 0 radical (unpaired) electrons. The van der Waals surface area contributed by atoms with Crippen LogP contribution in [0.3, 0.4) is 0 Å². The van der Waals surface area contributed by atoms with Crippen molar-refractivity contribution in [3.63, 3.8) is 0 Å². The summed E-state index contributed by atoms with van der Waals surface area (Å²) in [6.45, 7) is 11.7. The predicted octanol–water partition coefficient (Wildman–Crippen LogP) is 0.300. The molecule has 3 saturated heterocycles. The Labute approximate surface area is 157 Å². The lowest BCUT2D eigenvalue weighted by Gasteiger charge is -2.47. The summed E-state index contributed by atoms with van der Waals surface area (Å²) in [6, 6.07) is -0.327. The fourth-order valence-electron chi connectivity index (χ4n) is 4.52. The Morgan fingerprint density at radius 2 is 2.00 bits per heavy atom. The Kier molecular flexibility index (Phi) is 6.53. The van der Waals surface area contributed by atoms with Gasteiger partial charge in [0.15, 0.2) is 0 Å². The molecule has 7 heteroatoms. The van der Waals surface area contributed by atoms with Crippen LogP contribution in [-0.4, -0.2) is 97.1 Å². The molecule has 0 bridgehead atoms. The highest BCUT2D eigenvalue weighted by atomic mass is 16.5. The van der Waals surface area contributed by atoms with Gasteiger partial charge in [0.1, 0.15) is 0 Å². The number of piperazine rings is 1. The van der Waals surface area contributed by atoms with Crippen molar-refractivity contribution in [1.29, 1.82) is 0 Å². The van der Waals surface area contributed by atoms with E-state index in [2.05, 4.69) is 22.0 Å². The number of hydrogen-bond acceptors (Lipinski definition) is 5. The van der Waals surface area contributed by atoms with E-state index in [4.69, 9.17) is 4.74 Å². The van der Waals surface area contributed by atoms with Crippen molar-refractivity contribution in [3.05, 3.63) is 0 Å². The molecule has 0 saturated carbocycles. The van der Waals surface area contributed by atoms with Crippen molar-refractivity contribution in [2.45, 2.75) is 51.2 Å². The number of morpholine rings is 1. The summed E-state index contributed by atoms with van der Waals surface area (Å²) >= 11 is 0. The predicted molar refractivity (Wildman–Crippen MR) is 99.9 cm³/mol. The molecule has 1 N–H and O–H groups in total. The van der Waals surface area contributed by atoms with Gasteiger partial charge in [0.05, 0.1) is 24.7 Å². The molecule has 3 heterocycles. The number of likely N-dealkylation sites (N-methyl/N-ethyl adjacent to an activating group) is 1. The van der Waals surface area contributed by atoms with Crippen LogP contribution in [0.15, 0.2) is 0 Å². The lowest BCUT2D eigenvalue weighted by molar-refractivity contribution is -0.161. The fraction of sp³-hybridized carbons (Fsp3) is 0.895. The SMILES string of the molecule is CCCN1CCC2(CC1)CN(C(=O)CC1C(=O)NCCN1CC)CCO2. The molecule has 0 aromatic rings. The van der Waals surface area contributed by atoms with Gasteiger partial charge in [0.25, 0.3) is 0 Å². The Bertz CT molecular complexity index is 505. The molecule has 3 rings (SSSR count). The third-order valence-corrected chi connectivity index (χ3v) is 6.12. The molecule has 26 heavy (non-hydrogen) atoms. The molecule has 1 unspecified atom stereocenters. The van der Waals surface area contributed by atoms with Crippen molar-refractivity contribution < 1.29 is 14.3 Å². The average Bonchev–Trinajstić information content (AvgIpc) is 2.65. The van der Waals surface area contributed by atoms with Crippen molar-refractivity contribution in [1.82, 2.24) is 20.0 Å². The quantitative estimate of drug-likeness (QED) is 0.758. The minimum Gasteiger partial charge on any atom is -0.371 e. The number of rotatable bonds is 5. The van der Waals surface area contributed by atoms with Crippen molar-refractivity contribution in [3.8, 4) is 0 Å². The Morgan fingerprint density at radius 1 is 1.23 bits per heavy atom. The largest absolute Gasteiger partial charge is 0.371 e. The second-order valence-corrected chi connectivity index (χ2v) is 7.83. The Morgan fingerprint density at radius 3 is 2.69 bits per heavy atom. The highest BCUT2D eigenvalue weighted by Gasteiger charge is 2.41. The number of ether oxygens (including phenoxy) is 1. The lowest BCUT2D eigenvalue weighted by atomic mass is 9.89. The van der Waals surface area contributed by atoms with Gasteiger partial charge in [-0.1, -0.05) is 13.8 Å². The number of amides is 2. The average molecular weight is 367 g/mol. The maximum atomic E-state index is 12.9. The molecule has 1 atom stereocenters. The number of likely N-dealkylation sites (tertiary alicyclic amines) is 1. The van der Waals surface area contributed by atoms with Crippen LogP contribution in [-0.2, 0) is 14.3 Å². The molecule has 3 fully saturated rings. The number of carbonyl (C=O) groups is 2. The van der Waals surface area contributed by atoms with Crippen LogP contribution in [0.4, 0.5) is 0 Å². The van der Waals surface area contributed by atoms with E-state index in [-0.39, 0.29) is 29.9 Å². The number of nitrogens with one attached hydrogen (secondary N) is 1. The van der Waals surface area contributed by atoms with Gasteiger partial charge in [-0.2, -0.15) is 0 Å². The highest BCUT2D eigenvalue weighted by Crippen LogP contribution is 2.30. The minimum absolute atomic E-state index is 0.0118. The second kappa shape index (κ2) is 8.67. The van der Waals surface area contributed by atoms with E-state index < -0.39 is 0 Å².